The summed E-state index contributed by atoms with van der Waals surface area (Å²) in [6, 6.07) is 5.47. The second-order valence-electron chi connectivity index (χ2n) is 4.23. The third-order valence-electron chi connectivity index (χ3n) is 2.84. The molecule has 112 valence electrons. The summed E-state index contributed by atoms with van der Waals surface area (Å²) in [7, 11) is 0. The van der Waals surface area contributed by atoms with Crippen LogP contribution in [-0.2, 0) is 6.54 Å². The van der Waals surface area contributed by atoms with Crippen molar-refractivity contribution >= 4 is 33.2 Å². The van der Waals surface area contributed by atoms with E-state index in [0.717, 1.165) is 6.07 Å². The van der Waals surface area contributed by atoms with Crippen LogP contribution < -0.4 is 5.32 Å². The number of halogens is 1. The van der Waals surface area contributed by atoms with E-state index in [0.29, 0.717) is 11.0 Å². The molecule has 2 rings (SSSR count). The molecule has 0 saturated carbocycles. The van der Waals surface area contributed by atoms with Gasteiger partial charge in [0.1, 0.15) is 6.07 Å². The summed E-state index contributed by atoms with van der Waals surface area (Å²) in [4.78, 5) is 22.3. The molecule has 9 heteroatoms. The Bertz CT molecular complexity index is 793. The molecule has 8 nitrogen and oxygen atoms in total. The van der Waals surface area contributed by atoms with Gasteiger partial charge in [0.05, 0.1) is 20.6 Å². The Labute approximate surface area is 133 Å². The van der Waals surface area contributed by atoms with Crippen LogP contribution in [0.5, 0.6) is 0 Å². The van der Waals surface area contributed by atoms with Crippen molar-refractivity contribution in [1.82, 2.24) is 9.78 Å². The van der Waals surface area contributed by atoms with Crippen LogP contribution in [0, 0.1) is 21.4 Å². The molecule has 22 heavy (non-hydrogen) atoms. The molecule has 0 aliphatic carbocycles. The number of amides is 1. The van der Waals surface area contributed by atoms with Gasteiger partial charge in [-0.05, 0) is 28.9 Å². The zero-order valence-electron chi connectivity index (χ0n) is 11.4. The summed E-state index contributed by atoms with van der Waals surface area (Å²) in [6.07, 6.45) is 1.66. The summed E-state index contributed by atoms with van der Waals surface area (Å²) < 4.78 is 2.10. The van der Waals surface area contributed by atoms with Gasteiger partial charge in [0.25, 0.3) is 11.6 Å². The number of aryl methyl sites for hydroxylation is 1. The maximum Gasteiger partial charge on any atom is 0.277 e. The number of carbonyl (C=O) groups excluding carboxylic acids is 1. The highest BCUT2D eigenvalue weighted by Gasteiger charge is 2.18. The van der Waals surface area contributed by atoms with Crippen LogP contribution in [0.3, 0.4) is 0 Å². The predicted molar refractivity (Wildman–Crippen MR) is 81.4 cm³/mol. The number of hydrogen-bond donors (Lipinski definition) is 1. The zero-order valence-corrected chi connectivity index (χ0v) is 13.0. The number of nitro groups is 1. The fourth-order valence-electron chi connectivity index (χ4n) is 1.74. The van der Waals surface area contributed by atoms with E-state index >= 15 is 0 Å². The van der Waals surface area contributed by atoms with Crippen LogP contribution in [0.1, 0.15) is 23.0 Å². The third kappa shape index (κ3) is 3.12. The fraction of sp³-hybridized carbons (Fsp3) is 0.154. The van der Waals surface area contributed by atoms with Gasteiger partial charge >= 0.3 is 0 Å². The van der Waals surface area contributed by atoms with Gasteiger partial charge in [-0.3, -0.25) is 19.6 Å². The number of anilines is 1. The molecule has 0 bridgehead atoms. The van der Waals surface area contributed by atoms with Crippen LogP contribution in [0.2, 0.25) is 0 Å². The second-order valence-corrected chi connectivity index (χ2v) is 5.09. The van der Waals surface area contributed by atoms with Gasteiger partial charge in [0.15, 0.2) is 5.69 Å². The third-order valence-corrected chi connectivity index (χ3v) is 3.42. The molecule has 0 unspecified atom stereocenters. The van der Waals surface area contributed by atoms with E-state index in [-0.39, 0.29) is 22.6 Å². The number of nitriles is 1. The lowest BCUT2D eigenvalue weighted by Gasteiger charge is -2.05. The average molecular weight is 364 g/mol. The van der Waals surface area contributed by atoms with E-state index in [2.05, 4.69) is 26.3 Å². The van der Waals surface area contributed by atoms with Crippen molar-refractivity contribution in [3.8, 4) is 6.07 Å². The summed E-state index contributed by atoms with van der Waals surface area (Å²) in [5.74, 6) is -0.510. The first-order chi connectivity index (χ1) is 10.5. The monoisotopic (exact) mass is 363 g/mol. The number of carbonyl (C=O) groups is 1. The van der Waals surface area contributed by atoms with Crippen molar-refractivity contribution in [3.63, 3.8) is 0 Å². The number of rotatable bonds is 4. The topological polar surface area (TPSA) is 114 Å². The van der Waals surface area contributed by atoms with E-state index in [4.69, 9.17) is 5.26 Å². The van der Waals surface area contributed by atoms with Gasteiger partial charge < -0.3 is 5.32 Å². The van der Waals surface area contributed by atoms with E-state index in [1.54, 1.807) is 10.9 Å². The molecule has 0 aliphatic heterocycles. The lowest BCUT2D eigenvalue weighted by molar-refractivity contribution is -0.384. The van der Waals surface area contributed by atoms with Crippen molar-refractivity contribution < 1.29 is 9.72 Å². The van der Waals surface area contributed by atoms with Gasteiger partial charge in [-0.2, -0.15) is 10.4 Å². The first-order valence-electron chi connectivity index (χ1n) is 6.19. The maximum absolute atomic E-state index is 12.2. The normalized spacial score (nSPS) is 10.0. The van der Waals surface area contributed by atoms with E-state index in [1.165, 1.54) is 12.1 Å². The SMILES string of the molecule is CCn1cc(Br)c(C(=O)Nc2ccc([N+](=O)[O-])cc2C#N)n1. The summed E-state index contributed by atoms with van der Waals surface area (Å²) in [5.41, 5.74) is 0.153. The Hall–Kier alpha value is -2.73. The minimum absolute atomic E-state index is 0.00796. The van der Waals surface area contributed by atoms with Gasteiger partial charge in [-0.1, -0.05) is 0 Å². The number of nitrogens with zero attached hydrogens (tertiary/aromatic N) is 4. The maximum atomic E-state index is 12.2. The fourth-order valence-corrected chi connectivity index (χ4v) is 2.24. The Morgan fingerprint density at radius 2 is 2.32 bits per heavy atom. The number of nitro benzene ring substituents is 1. The second kappa shape index (κ2) is 6.36. The average Bonchev–Trinajstić information content (AvgIpc) is 2.88. The van der Waals surface area contributed by atoms with E-state index in [9.17, 15) is 14.9 Å². The van der Waals surface area contributed by atoms with Gasteiger partial charge in [0, 0.05) is 24.9 Å². The van der Waals surface area contributed by atoms with Gasteiger partial charge in [0.2, 0.25) is 0 Å². The molecule has 1 aromatic heterocycles. The summed E-state index contributed by atoms with van der Waals surface area (Å²) in [5, 5.41) is 26.4. The molecular formula is C13H10BrN5O3. The van der Waals surface area contributed by atoms with Crippen molar-refractivity contribution in [1.29, 1.82) is 5.26 Å². The molecule has 0 spiro atoms. The molecule has 2 aromatic rings. The van der Waals surface area contributed by atoms with Crippen LogP contribution >= 0.6 is 15.9 Å². The molecule has 0 radical (unpaired) electrons. The number of benzene rings is 1. The Kier molecular flexibility index (Phi) is 4.53. The van der Waals surface area contributed by atoms with Crippen LogP contribution in [-0.4, -0.2) is 20.6 Å². The molecule has 0 fully saturated rings. The highest BCUT2D eigenvalue weighted by atomic mass is 79.9. The van der Waals surface area contributed by atoms with Crippen molar-refractivity contribution in [2.24, 2.45) is 0 Å². The van der Waals surface area contributed by atoms with Crippen LogP contribution in [0.4, 0.5) is 11.4 Å². The van der Waals surface area contributed by atoms with Crippen molar-refractivity contribution in [3.05, 3.63) is 50.2 Å². The molecular weight excluding hydrogens is 354 g/mol. The lowest BCUT2D eigenvalue weighted by Crippen LogP contribution is -2.14. The van der Waals surface area contributed by atoms with Gasteiger partial charge in [-0.15, -0.1) is 0 Å². The van der Waals surface area contributed by atoms with Gasteiger partial charge in [-0.25, -0.2) is 0 Å². The number of hydrogen-bond acceptors (Lipinski definition) is 5. The van der Waals surface area contributed by atoms with Crippen LogP contribution in [0.15, 0.2) is 28.9 Å². The highest BCUT2D eigenvalue weighted by molar-refractivity contribution is 9.10. The minimum atomic E-state index is -0.605. The highest BCUT2D eigenvalue weighted by Crippen LogP contribution is 2.23. The van der Waals surface area contributed by atoms with E-state index in [1.807, 2.05) is 13.0 Å². The smallest absolute Gasteiger partial charge is 0.277 e. The standard InChI is InChI=1S/C13H10BrN5O3/c1-2-18-7-10(14)12(17-18)13(20)16-11-4-3-9(19(21)22)5-8(11)6-15/h3-5,7H,2H2,1H3,(H,16,20). The molecule has 1 N–H and O–H groups in total. The first kappa shape index (κ1) is 15.7. The number of non-ortho nitro benzene ring substituents is 1. The molecule has 0 atom stereocenters. The number of nitrogens with one attached hydrogen (secondary N) is 1. The van der Waals surface area contributed by atoms with Crippen molar-refractivity contribution in [2.75, 3.05) is 5.32 Å². The molecule has 1 amide bonds. The molecule has 0 saturated heterocycles. The minimum Gasteiger partial charge on any atom is -0.319 e. The van der Waals surface area contributed by atoms with Crippen molar-refractivity contribution in [2.45, 2.75) is 13.5 Å². The molecule has 1 aromatic carbocycles. The lowest BCUT2D eigenvalue weighted by atomic mass is 10.1. The molecule has 1 heterocycles. The first-order valence-corrected chi connectivity index (χ1v) is 6.98. The zero-order chi connectivity index (χ0) is 16.3. The Morgan fingerprint density at radius 3 is 2.86 bits per heavy atom. The largest absolute Gasteiger partial charge is 0.319 e. The number of aromatic nitrogens is 2. The summed E-state index contributed by atoms with van der Waals surface area (Å²) >= 11 is 3.24. The molecule has 0 aliphatic rings. The predicted octanol–water partition coefficient (Wildman–Crippen LogP) is 2.70. The summed E-state index contributed by atoms with van der Waals surface area (Å²) in [6.45, 7) is 2.48. The quantitative estimate of drug-likeness (QED) is 0.662. The Balaban J connectivity index is 2.30. The van der Waals surface area contributed by atoms with E-state index < -0.39 is 10.8 Å². The van der Waals surface area contributed by atoms with Crippen LogP contribution in [0.25, 0.3) is 0 Å². The Morgan fingerprint density at radius 1 is 1.59 bits per heavy atom.